The zero-order valence-electron chi connectivity index (χ0n) is 11.8. The third-order valence-corrected chi connectivity index (χ3v) is 6.51. The molecule has 1 aromatic heterocycles. The Balaban J connectivity index is 2.61. The molecule has 0 aliphatic carbocycles. The van der Waals surface area contributed by atoms with E-state index in [2.05, 4.69) is 0 Å². The molecule has 0 aliphatic rings. The maximum absolute atomic E-state index is 14.0. The second-order valence-corrected chi connectivity index (χ2v) is 7.26. The van der Waals surface area contributed by atoms with Gasteiger partial charge in [-0.3, -0.25) is 4.31 Å². The number of thiophene rings is 1. The van der Waals surface area contributed by atoms with E-state index in [1.807, 2.05) is 0 Å². The molecule has 1 heterocycles. The number of para-hydroxylation sites is 1. The maximum Gasteiger partial charge on any atom is 0.265 e. The Morgan fingerprint density at radius 3 is 2.57 bits per heavy atom. The van der Waals surface area contributed by atoms with Gasteiger partial charge in [-0.15, -0.1) is 11.3 Å². The molecule has 21 heavy (non-hydrogen) atoms. The summed E-state index contributed by atoms with van der Waals surface area (Å²) in [7, 11) is -3.83. The molecular formula is C14H17FN2O2S2. The fraction of sp³-hybridized carbons (Fsp3) is 0.286. The molecule has 114 valence electrons. The average Bonchev–Trinajstić information content (AvgIpc) is 2.83. The molecule has 0 amide bonds. The monoisotopic (exact) mass is 328 g/mol. The van der Waals surface area contributed by atoms with Crippen molar-refractivity contribution in [2.45, 2.75) is 25.3 Å². The largest absolute Gasteiger partial charge is 0.326 e. The van der Waals surface area contributed by atoms with Crippen molar-refractivity contribution in [3.63, 3.8) is 0 Å². The number of halogens is 1. The third kappa shape index (κ3) is 2.81. The van der Waals surface area contributed by atoms with Crippen molar-refractivity contribution in [3.8, 4) is 0 Å². The van der Waals surface area contributed by atoms with E-state index in [1.54, 1.807) is 25.3 Å². The highest BCUT2D eigenvalue weighted by atomic mass is 32.2. The van der Waals surface area contributed by atoms with Gasteiger partial charge in [-0.2, -0.15) is 0 Å². The second kappa shape index (κ2) is 6.13. The number of hydrogen-bond donors (Lipinski definition) is 1. The summed E-state index contributed by atoms with van der Waals surface area (Å²) in [6.45, 7) is 3.68. The van der Waals surface area contributed by atoms with Crippen LogP contribution in [0.1, 0.15) is 17.4 Å². The van der Waals surface area contributed by atoms with Gasteiger partial charge in [0.1, 0.15) is 10.7 Å². The van der Waals surface area contributed by atoms with Crippen molar-refractivity contribution in [3.05, 3.63) is 45.9 Å². The van der Waals surface area contributed by atoms with Crippen LogP contribution >= 0.6 is 11.3 Å². The second-order valence-electron chi connectivity index (χ2n) is 4.50. The lowest BCUT2D eigenvalue weighted by atomic mass is 10.3. The van der Waals surface area contributed by atoms with Crippen LogP contribution in [0.2, 0.25) is 0 Å². The smallest absolute Gasteiger partial charge is 0.265 e. The van der Waals surface area contributed by atoms with Gasteiger partial charge in [-0.25, -0.2) is 12.8 Å². The summed E-state index contributed by atoms with van der Waals surface area (Å²) in [6.07, 6.45) is 0. The molecule has 0 radical (unpaired) electrons. The predicted octanol–water partition coefficient (Wildman–Crippen LogP) is 2.87. The minimum Gasteiger partial charge on any atom is -0.326 e. The SMILES string of the molecule is CCN(c1ccccc1F)S(=O)(=O)c1c(C)csc1CN. The Kier molecular flexibility index (Phi) is 4.65. The zero-order valence-corrected chi connectivity index (χ0v) is 13.5. The highest BCUT2D eigenvalue weighted by molar-refractivity contribution is 7.93. The fourth-order valence-corrected chi connectivity index (χ4v) is 5.35. The normalized spacial score (nSPS) is 11.6. The van der Waals surface area contributed by atoms with Gasteiger partial charge < -0.3 is 5.73 Å². The van der Waals surface area contributed by atoms with Crippen molar-refractivity contribution in [1.29, 1.82) is 0 Å². The van der Waals surface area contributed by atoms with Crippen LogP contribution in [0, 0.1) is 12.7 Å². The molecule has 4 nitrogen and oxygen atoms in total. The molecule has 0 aliphatic heterocycles. The molecule has 0 saturated carbocycles. The summed E-state index contributed by atoms with van der Waals surface area (Å²) in [6, 6.07) is 5.85. The summed E-state index contributed by atoms with van der Waals surface area (Å²) in [5.41, 5.74) is 6.31. The number of anilines is 1. The number of sulfonamides is 1. The van der Waals surface area contributed by atoms with Gasteiger partial charge in [0.15, 0.2) is 0 Å². The summed E-state index contributed by atoms with van der Waals surface area (Å²) in [5, 5.41) is 1.75. The highest BCUT2D eigenvalue weighted by Gasteiger charge is 2.30. The van der Waals surface area contributed by atoms with E-state index in [4.69, 9.17) is 5.73 Å². The average molecular weight is 328 g/mol. The van der Waals surface area contributed by atoms with E-state index in [1.165, 1.54) is 29.5 Å². The van der Waals surface area contributed by atoms with Gasteiger partial charge in [-0.05, 0) is 36.9 Å². The van der Waals surface area contributed by atoms with E-state index < -0.39 is 15.8 Å². The van der Waals surface area contributed by atoms with Gasteiger partial charge >= 0.3 is 0 Å². The molecule has 0 atom stereocenters. The van der Waals surface area contributed by atoms with Crippen LogP contribution in [-0.2, 0) is 16.6 Å². The molecule has 0 saturated heterocycles. The molecule has 2 N–H and O–H groups in total. The molecule has 2 rings (SSSR count). The molecule has 0 bridgehead atoms. The molecule has 0 fully saturated rings. The lowest BCUT2D eigenvalue weighted by Crippen LogP contribution is -2.32. The van der Waals surface area contributed by atoms with Crippen LogP contribution in [0.4, 0.5) is 10.1 Å². The van der Waals surface area contributed by atoms with Gasteiger partial charge in [0.2, 0.25) is 0 Å². The Labute approximate surface area is 128 Å². The van der Waals surface area contributed by atoms with Gasteiger partial charge in [0, 0.05) is 18.0 Å². The summed E-state index contributed by atoms with van der Waals surface area (Å²) in [4.78, 5) is 0.780. The standard InChI is InChI=1S/C14H17FN2O2S2/c1-3-17(12-7-5-4-6-11(12)15)21(18,19)14-10(2)9-20-13(14)8-16/h4-7,9H,3,8,16H2,1-2H3. The molecule has 7 heteroatoms. The van der Waals surface area contributed by atoms with E-state index >= 15 is 0 Å². The van der Waals surface area contributed by atoms with Crippen LogP contribution in [0.3, 0.4) is 0 Å². The fourth-order valence-electron chi connectivity index (χ4n) is 2.21. The van der Waals surface area contributed by atoms with E-state index in [0.29, 0.717) is 10.4 Å². The number of nitrogens with two attached hydrogens (primary N) is 1. The zero-order chi connectivity index (χ0) is 15.6. The van der Waals surface area contributed by atoms with Gasteiger partial charge in [0.25, 0.3) is 10.0 Å². The summed E-state index contributed by atoms with van der Waals surface area (Å²) < 4.78 is 40.8. The van der Waals surface area contributed by atoms with Crippen LogP contribution in [-0.4, -0.2) is 15.0 Å². The molecular weight excluding hydrogens is 311 g/mol. The van der Waals surface area contributed by atoms with E-state index in [0.717, 1.165) is 4.31 Å². The quantitative estimate of drug-likeness (QED) is 0.918. The van der Waals surface area contributed by atoms with Crippen LogP contribution in [0.15, 0.2) is 34.5 Å². The Morgan fingerprint density at radius 2 is 2.00 bits per heavy atom. The summed E-state index contributed by atoms with van der Waals surface area (Å²) >= 11 is 1.31. The van der Waals surface area contributed by atoms with Gasteiger partial charge in [0.05, 0.1) is 5.69 Å². The Morgan fingerprint density at radius 1 is 1.33 bits per heavy atom. The van der Waals surface area contributed by atoms with Crippen LogP contribution in [0.25, 0.3) is 0 Å². The molecule has 1 aromatic carbocycles. The van der Waals surface area contributed by atoms with Crippen LogP contribution in [0.5, 0.6) is 0 Å². The first-order valence-electron chi connectivity index (χ1n) is 6.47. The maximum atomic E-state index is 14.0. The predicted molar refractivity (Wildman–Crippen MR) is 83.6 cm³/mol. The van der Waals surface area contributed by atoms with Crippen molar-refractivity contribution in [1.82, 2.24) is 0 Å². The summed E-state index contributed by atoms with van der Waals surface area (Å²) in [5.74, 6) is -0.565. The Bertz CT molecular complexity index is 741. The Hall–Kier alpha value is -1.44. The first-order valence-corrected chi connectivity index (χ1v) is 8.79. The molecule has 0 unspecified atom stereocenters. The van der Waals surface area contributed by atoms with Crippen LogP contribution < -0.4 is 10.0 Å². The number of aryl methyl sites for hydroxylation is 1. The molecule has 2 aromatic rings. The minimum atomic E-state index is -3.83. The van der Waals surface area contributed by atoms with Gasteiger partial charge in [-0.1, -0.05) is 12.1 Å². The number of hydrogen-bond acceptors (Lipinski definition) is 4. The van der Waals surface area contributed by atoms with E-state index in [-0.39, 0.29) is 23.7 Å². The van der Waals surface area contributed by atoms with Crippen molar-refractivity contribution in [2.75, 3.05) is 10.8 Å². The topological polar surface area (TPSA) is 63.4 Å². The lowest BCUT2D eigenvalue weighted by Gasteiger charge is -2.24. The molecule has 0 spiro atoms. The van der Waals surface area contributed by atoms with Crippen molar-refractivity contribution >= 4 is 27.0 Å². The van der Waals surface area contributed by atoms with E-state index in [9.17, 15) is 12.8 Å². The highest BCUT2D eigenvalue weighted by Crippen LogP contribution is 2.32. The number of benzene rings is 1. The number of nitrogens with zero attached hydrogens (tertiary/aromatic N) is 1. The van der Waals surface area contributed by atoms with Crippen molar-refractivity contribution < 1.29 is 12.8 Å². The first kappa shape index (κ1) is 15.9. The third-order valence-electron chi connectivity index (χ3n) is 3.13. The minimum absolute atomic E-state index is 0.0496. The first-order chi connectivity index (χ1) is 9.93. The number of rotatable bonds is 5. The lowest BCUT2D eigenvalue weighted by molar-refractivity contribution is 0.585. The van der Waals surface area contributed by atoms with Crippen molar-refractivity contribution in [2.24, 2.45) is 5.73 Å².